The molecule has 1 heterocycles. The summed E-state index contributed by atoms with van der Waals surface area (Å²) >= 11 is 11.6. The molecule has 0 unspecified atom stereocenters. The number of hydrogen-bond donors (Lipinski definition) is 0. The van der Waals surface area contributed by atoms with Crippen LogP contribution >= 0.6 is 23.2 Å². The van der Waals surface area contributed by atoms with Crippen LogP contribution in [0, 0.1) is 18.3 Å². The highest BCUT2D eigenvalue weighted by Gasteiger charge is 2.12. The summed E-state index contributed by atoms with van der Waals surface area (Å²) in [5.41, 5.74) is 2.16. The average molecular weight is 215 g/mol. The molecule has 0 aromatic carbocycles. The fourth-order valence-electron chi connectivity index (χ4n) is 1.22. The first kappa shape index (κ1) is 10.3. The van der Waals surface area contributed by atoms with E-state index in [1.165, 1.54) is 0 Å². The van der Waals surface area contributed by atoms with Crippen molar-refractivity contribution in [3.8, 4) is 6.07 Å². The zero-order chi connectivity index (χ0) is 10.0. The van der Waals surface area contributed by atoms with E-state index in [-0.39, 0.29) is 5.15 Å². The van der Waals surface area contributed by atoms with Gasteiger partial charge in [-0.2, -0.15) is 5.26 Å². The number of pyridine rings is 1. The van der Waals surface area contributed by atoms with Gasteiger partial charge >= 0.3 is 0 Å². The molecular formula is C9H8Cl2N2. The van der Waals surface area contributed by atoms with Crippen LogP contribution in [0.5, 0.6) is 0 Å². The number of rotatable bonds is 1. The molecule has 0 aliphatic rings. The van der Waals surface area contributed by atoms with Gasteiger partial charge < -0.3 is 0 Å². The number of nitrogens with zero attached hydrogens (tertiary/aromatic N) is 2. The van der Waals surface area contributed by atoms with Gasteiger partial charge in [0.25, 0.3) is 0 Å². The van der Waals surface area contributed by atoms with E-state index < -0.39 is 0 Å². The predicted molar refractivity (Wildman–Crippen MR) is 53.1 cm³/mol. The molecule has 0 fully saturated rings. The maximum atomic E-state index is 8.83. The van der Waals surface area contributed by atoms with Crippen LogP contribution in [-0.2, 0) is 6.42 Å². The quantitative estimate of drug-likeness (QED) is 0.674. The predicted octanol–water partition coefficient (Wildman–Crippen LogP) is 3.13. The fourth-order valence-corrected chi connectivity index (χ4v) is 1.70. The van der Waals surface area contributed by atoms with Gasteiger partial charge in [0, 0.05) is 0 Å². The lowest BCUT2D eigenvalue weighted by Gasteiger charge is -2.07. The van der Waals surface area contributed by atoms with Crippen molar-refractivity contribution in [1.29, 1.82) is 5.26 Å². The topological polar surface area (TPSA) is 36.7 Å². The summed E-state index contributed by atoms with van der Waals surface area (Å²) in [6.45, 7) is 3.79. The Morgan fingerprint density at radius 2 is 2.00 bits per heavy atom. The third-order valence-electron chi connectivity index (χ3n) is 1.93. The molecule has 0 atom stereocenters. The molecule has 0 saturated heterocycles. The van der Waals surface area contributed by atoms with E-state index in [0.29, 0.717) is 10.7 Å². The van der Waals surface area contributed by atoms with Gasteiger partial charge in [-0.25, -0.2) is 4.98 Å². The van der Waals surface area contributed by atoms with Gasteiger partial charge in [-0.1, -0.05) is 30.1 Å². The number of nitriles is 1. The molecule has 0 saturated carbocycles. The molecule has 0 N–H and O–H groups in total. The second kappa shape index (κ2) is 3.95. The van der Waals surface area contributed by atoms with Gasteiger partial charge in [0.1, 0.15) is 16.4 Å². The Hall–Kier alpha value is -0.780. The minimum Gasteiger partial charge on any atom is -0.223 e. The molecular weight excluding hydrogens is 207 g/mol. The van der Waals surface area contributed by atoms with Crippen molar-refractivity contribution in [2.24, 2.45) is 0 Å². The molecule has 1 aromatic heterocycles. The lowest BCUT2D eigenvalue weighted by Crippen LogP contribution is -1.97. The first-order valence-corrected chi connectivity index (χ1v) is 4.62. The van der Waals surface area contributed by atoms with Crippen molar-refractivity contribution in [3.63, 3.8) is 0 Å². The van der Waals surface area contributed by atoms with Crippen LogP contribution in [0.25, 0.3) is 0 Å². The fraction of sp³-hybridized carbons (Fsp3) is 0.333. The van der Waals surface area contributed by atoms with E-state index in [1.807, 2.05) is 19.9 Å². The first-order valence-electron chi connectivity index (χ1n) is 3.86. The highest BCUT2D eigenvalue weighted by Crippen LogP contribution is 2.26. The van der Waals surface area contributed by atoms with Gasteiger partial charge in [-0.3, -0.25) is 0 Å². The minimum absolute atomic E-state index is 0.190. The van der Waals surface area contributed by atoms with Gasteiger partial charge in [0.2, 0.25) is 0 Å². The highest BCUT2D eigenvalue weighted by atomic mass is 35.5. The van der Waals surface area contributed by atoms with Gasteiger partial charge in [-0.05, 0) is 24.5 Å². The Labute approximate surface area is 87.1 Å². The number of halogens is 2. The summed E-state index contributed by atoms with van der Waals surface area (Å²) in [5, 5.41) is 9.39. The molecule has 0 bridgehead atoms. The summed E-state index contributed by atoms with van der Waals surface area (Å²) in [6.07, 6.45) is 0.733. The zero-order valence-corrected chi connectivity index (χ0v) is 8.87. The van der Waals surface area contributed by atoms with E-state index in [1.54, 1.807) is 0 Å². The molecule has 0 spiro atoms. The van der Waals surface area contributed by atoms with E-state index in [9.17, 15) is 0 Å². The number of aromatic nitrogens is 1. The first-order chi connectivity index (χ1) is 6.11. The zero-order valence-electron chi connectivity index (χ0n) is 7.36. The van der Waals surface area contributed by atoms with Crippen molar-refractivity contribution >= 4 is 23.2 Å². The Morgan fingerprint density at radius 1 is 1.38 bits per heavy atom. The Bertz CT molecular complexity index is 380. The van der Waals surface area contributed by atoms with Crippen LogP contribution in [0.1, 0.15) is 23.6 Å². The lowest BCUT2D eigenvalue weighted by atomic mass is 10.0. The van der Waals surface area contributed by atoms with Crippen molar-refractivity contribution < 1.29 is 0 Å². The molecule has 4 heteroatoms. The smallest absolute Gasteiger partial charge is 0.148 e. The maximum Gasteiger partial charge on any atom is 0.148 e. The van der Waals surface area contributed by atoms with E-state index >= 15 is 0 Å². The second-order valence-corrected chi connectivity index (χ2v) is 3.35. The summed E-state index contributed by atoms with van der Waals surface area (Å²) in [7, 11) is 0. The van der Waals surface area contributed by atoms with Crippen LogP contribution in [-0.4, -0.2) is 4.98 Å². The minimum atomic E-state index is 0.190. The molecule has 1 rings (SSSR count). The van der Waals surface area contributed by atoms with Crippen LogP contribution in [0.15, 0.2) is 0 Å². The van der Waals surface area contributed by atoms with Crippen molar-refractivity contribution in [2.45, 2.75) is 20.3 Å². The SMILES string of the molecule is CCc1c(C)c(Cl)nc(Cl)c1C#N. The molecule has 0 aliphatic heterocycles. The van der Waals surface area contributed by atoms with Crippen LogP contribution in [0.2, 0.25) is 10.3 Å². The van der Waals surface area contributed by atoms with Gasteiger partial charge in [0.15, 0.2) is 0 Å². The molecule has 0 radical (unpaired) electrons. The second-order valence-electron chi connectivity index (χ2n) is 2.64. The highest BCUT2D eigenvalue weighted by molar-refractivity contribution is 6.33. The molecule has 1 aromatic rings. The molecule has 2 nitrogen and oxygen atoms in total. The standard InChI is InChI=1S/C9H8Cl2N2/c1-3-6-5(2)8(10)13-9(11)7(6)4-12/h3H2,1-2H3. The largest absolute Gasteiger partial charge is 0.223 e. The Kier molecular flexibility index (Phi) is 3.13. The molecule has 0 aliphatic carbocycles. The summed E-state index contributed by atoms with van der Waals surface area (Å²) in [6, 6.07) is 2.03. The van der Waals surface area contributed by atoms with Crippen LogP contribution < -0.4 is 0 Å². The normalized spacial score (nSPS) is 9.77. The summed E-state index contributed by atoms with van der Waals surface area (Å²) in [5.74, 6) is 0. The molecule has 13 heavy (non-hydrogen) atoms. The monoisotopic (exact) mass is 214 g/mol. The molecule has 68 valence electrons. The van der Waals surface area contributed by atoms with Gasteiger partial charge in [-0.15, -0.1) is 0 Å². The van der Waals surface area contributed by atoms with E-state index in [2.05, 4.69) is 4.98 Å². The summed E-state index contributed by atoms with van der Waals surface area (Å²) < 4.78 is 0. The number of hydrogen-bond acceptors (Lipinski definition) is 2. The average Bonchev–Trinajstić information content (AvgIpc) is 2.10. The third kappa shape index (κ3) is 1.77. The van der Waals surface area contributed by atoms with E-state index in [4.69, 9.17) is 28.5 Å². The van der Waals surface area contributed by atoms with Crippen molar-refractivity contribution in [2.75, 3.05) is 0 Å². The lowest BCUT2D eigenvalue weighted by molar-refractivity contribution is 1.07. The Balaban J connectivity index is 3.53. The third-order valence-corrected chi connectivity index (χ3v) is 2.57. The summed E-state index contributed by atoms with van der Waals surface area (Å²) in [4.78, 5) is 3.86. The van der Waals surface area contributed by atoms with E-state index in [0.717, 1.165) is 17.5 Å². The molecule has 0 amide bonds. The van der Waals surface area contributed by atoms with Crippen LogP contribution in [0.3, 0.4) is 0 Å². The maximum absolute atomic E-state index is 8.83. The van der Waals surface area contributed by atoms with Gasteiger partial charge in [0.05, 0.1) is 5.56 Å². The Morgan fingerprint density at radius 3 is 2.46 bits per heavy atom. The van der Waals surface area contributed by atoms with Crippen molar-refractivity contribution in [3.05, 3.63) is 27.0 Å². The van der Waals surface area contributed by atoms with Crippen molar-refractivity contribution in [1.82, 2.24) is 4.98 Å². The van der Waals surface area contributed by atoms with Crippen LogP contribution in [0.4, 0.5) is 0 Å².